The highest BCUT2D eigenvalue weighted by molar-refractivity contribution is 5.81. The molecular weight excluding hydrogens is 356 g/mol. The highest BCUT2D eigenvalue weighted by Crippen LogP contribution is 2.08. The molecule has 2 unspecified atom stereocenters. The van der Waals surface area contributed by atoms with Gasteiger partial charge in [0.05, 0.1) is 12.1 Å². The fourth-order valence-corrected chi connectivity index (χ4v) is 2.93. The molecule has 0 saturated heterocycles. The van der Waals surface area contributed by atoms with E-state index in [0.717, 1.165) is 38.5 Å². The number of unbranched alkanes of at least 4 members (excludes halogenated alkanes) is 7. The van der Waals surface area contributed by atoms with Crippen molar-refractivity contribution in [1.82, 2.24) is 10.6 Å². The molecule has 0 heterocycles. The van der Waals surface area contributed by atoms with Crippen molar-refractivity contribution >= 4 is 11.8 Å². The second-order valence-corrected chi connectivity index (χ2v) is 7.49. The van der Waals surface area contributed by atoms with Crippen LogP contribution in [0.3, 0.4) is 0 Å². The van der Waals surface area contributed by atoms with Crippen LogP contribution in [-0.4, -0.2) is 50.1 Å². The van der Waals surface area contributed by atoms with Gasteiger partial charge < -0.3 is 33.6 Å². The SMILES string of the molecule is NCCCC(N)C(=O)NCCCCCCCCCCNC(=O)C(N)CCCN. The third-order valence-corrected chi connectivity index (χ3v) is 4.81. The number of nitrogens with one attached hydrogen (secondary N) is 2. The summed E-state index contributed by atoms with van der Waals surface area (Å²) in [6.07, 6.45) is 11.9. The summed E-state index contributed by atoms with van der Waals surface area (Å²) >= 11 is 0. The number of hydrogen-bond acceptors (Lipinski definition) is 6. The summed E-state index contributed by atoms with van der Waals surface area (Å²) in [7, 11) is 0. The van der Waals surface area contributed by atoms with Crippen molar-refractivity contribution in [3.8, 4) is 0 Å². The number of rotatable bonds is 19. The van der Waals surface area contributed by atoms with Gasteiger partial charge in [-0.3, -0.25) is 9.59 Å². The first-order valence-corrected chi connectivity index (χ1v) is 11.0. The lowest BCUT2D eigenvalue weighted by Crippen LogP contribution is -2.41. The highest BCUT2D eigenvalue weighted by atomic mass is 16.2. The average molecular weight is 401 g/mol. The lowest BCUT2D eigenvalue weighted by atomic mass is 10.1. The van der Waals surface area contributed by atoms with Crippen LogP contribution in [0.1, 0.15) is 77.0 Å². The standard InChI is InChI=1S/C20H44N6O2/c21-13-9-11-17(23)19(27)25-15-7-5-3-1-2-4-6-8-16-26-20(28)18(24)12-10-14-22/h17-18H,1-16,21-24H2,(H,25,27)(H,26,28). The van der Waals surface area contributed by atoms with E-state index in [1.807, 2.05) is 0 Å². The maximum absolute atomic E-state index is 11.7. The normalized spacial score (nSPS) is 13.1. The molecule has 28 heavy (non-hydrogen) atoms. The van der Waals surface area contributed by atoms with Crippen LogP contribution in [0, 0.1) is 0 Å². The maximum atomic E-state index is 11.7. The van der Waals surface area contributed by atoms with E-state index in [2.05, 4.69) is 10.6 Å². The minimum absolute atomic E-state index is 0.0686. The van der Waals surface area contributed by atoms with Crippen molar-refractivity contribution in [2.24, 2.45) is 22.9 Å². The lowest BCUT2D eigenvalue weighted by Gasteiger charge is -2.11. The van der Waals surface area contributed by atoms with Crippen molar-refractivity contribution in [2.45, 2.75) is 89.1 Å². The molecule has 0 aromatic rings. The summed E-state index contributed by atoms with van der Waals surface area (Å²) in [5.41, 5.74) is 22.4. The van der Waals surface area contributed by atoms with Crippen LogP contribution in [-0.2, 0) is 9.59 Å². The number of carbonyl (C=O) groups is 2. The number of amides is 2. The maximum Gasteiger partial charge on any atom is 0.236 e. The Labute approximate surface area is 170 Å². The summed E-state index contributed by atoms with van der Waals surface area (Å²) in [5.74, 6) is -0.137. The Morgan fingerprint density at radius 1 is 0.571 bits per heavy atom. The molecule has 0 aliphatic heterocycles. The summed E-state index contributed by atoms with van der Waals surface area (Å²) in [6, 6.07) is -0.870. The van der Waals surface area contributed by atoms with Gasteiger partial charge in [0.1, 0.15) is 0 Å². The third kappa shape index (κ3) is 15.8. The molecule has 8 nitrogen and oxygen atoms in total. The Kier molecular flexibility index (Phi) is 18.3. The van der Waals surface area contributed by atoms with Crippen molar-refractivity contribution in [1.29, 1.82) is 0 Å². The van der Waals surface area contributed by atoms with Crippen molar-refractivity contribution < 1.29 is 9.59 Å². The Morgan fingerprint density at radius 3 is 1.21 bits per heavy atom. The predicted molar refractivity (Wildman–Crippen MR) is 115 cm³/mol. The highest BCUT2D eigenvalue weighted by Gasteiger charge is 2.12. The van der Waals surface area contributed by atoms with Gasteiger partial charge in [-0.25, -0.2) is 0 Å². The van der Waals surface area contributed by atoms with Crippen LogP contribution in [0.2, 0.25) is 0 Å². The number of carbonyl (C=O) groups excluding carboxylic acids is 2. The molecule has 166 valence electrons. The molecule has 0 rings (SSSR count). The smallest absolute Gasteiger partial charge is 0.236 e. The first-order chi connectivity index (χ1) is 13.5. The van der Waals surface area contributed by atoms with Crippen LogP contribution in [0.25, 0.3) is 0 Å². The molecule has 0 aromatic heterocycles. The van der Waals surface area contributed by atoms with E-state index in [-0.39, 0.29) is 11.8 Å². The largest absolute Gasteiger partial charge is 0.355 e. The summed E-state index contributed by atoms with van der Waals surface area (Å²) in [5, 5.41) is 5.78. The van der Waals surface area contributed by atoms with Crippen LogP contribution < -0.4 is 33.6 Å². The molecule has 0 aliphatic rings. The molecule has 0 fully saturated rings. The van der Waals surface area contributed by atoms with Crippen molar-refractivity contribution in [3.63, 3.8) is 0 Å². The van der Waals surface area contributed by atoms with Gasteiger partial charge in [0.25, 0.3) is 0 Å². The van der Waals surface area contributed by atoms with Gasteiger partial charge in [-0.05, 0) is 51.6 Å². The van der Waals surface area contributed by atoms with Gasteiger partial charge >= 0.3 is 0 Å². The van der Waals surface area contributed by atoms with E-state index in [1.54, 1.807) is 0 Å². The molecule has 8 heteroatoms. The van der Waals surface area contributed by atoms with E-state index >= 15 is 0 Å². The van der Waals surface area contributed by atoms with Crippen molar-refractivity contribution in [2.75, 3.05) is 26.2 Å². The molecule has 2 amide bonds. The Balaban J connectivity index is 3.36. The molecule has 0 bridgehead atoms. The van der Waals surface area contributed by atoms with E-state index in [9.17, 15) is 9.59 Å². The van der Waals surface area contributed by atoms with Gasteiger partial charge in [-0.1, -0.05) is 38.5 Å². The summed E-state index contributed by atoms with van der Waals surface area (Å²) in [4.78, 5) is 23.4. The topological polar surface area (TPSA) is 162 Å². The Morgan fingerprint density at radius 2 is 0.893 bits per heavy atom. The lowest BCUT2D eigenvalue weighted by molar-refractivity contribution is -0.123. The van der Waals surface area contributed by atoms with Crippen LogP contribution in [0.5, 0.6) is 0 Å². The number of nitrogens with two attached hydrogens (primary N) is 4. The first kappa shape index (κ1) is 26.8. The Bertz CT molecular complexity index is 359. The molecule has 0 spiro atoms. The zero-order valence-electron chi connectivity index (χ0n) is 17.6. The van der Waals surface area contributed by atoms with Crippen molar-refractivity contribution in [3.05, 3.63) is 0 Å². The predicted octanol–water partition coefficient (Wildman–Crippen LogP) is 0.472. The second-order valence-electron chi connectivity index (χ2n) is 7.49. The molecular formula is C20H44N6O2. The van der Waals surface area contributed by atoms with Gasteiger partial charge in [0.15, 0.2) is 0 Å². The quantitative estimate of drug-likeness (QED) is 0.173. The van der Waals surface area contributed by atoms with Crippen LogP contribution >= 0.6 is 0 Å². The third-order valence-electron chi connectivity index (χ3n) is 4.81. The van der Waals surface area contributed by atoms with E-state index in [1.165, 1.54) is 25.7 Å². The van der Waals surface area contributed by atoms with E-state index < -0.39 is 12.1 Å². The Hall–Kier alpha value is -1.22. The van der Waals surface area contributed by atoms with Gasteiger partial charge in [-0.15, -0.1) is 0 Å². The summed E-state index contributed by atoms with van der Waals surface area (Å²) < 4.78 is 0. The molecule has 10 N–H and O–H groups in total. The molecule has 0 saturated carbocycles. The van der Waals surface area contributed by atoms with Gasteiger partial charge in [-0.2, -0.15) is 0 Å². The minimum Gasteiger partial charge on any atom is -0.355 e. The van der Waals surface area contributed by atoms with Crippen LogP contribution in [0.4, 0.5) is 0 Å². The zero-order chi connectivity index (χ0) is 21.0. The summed E-state index contributed by atoms with van der Waals surface area (Å²) in [6.45, 7) is 2.53. The molecule has 0 aliphatic carbocycles. The molecule has 0 aromatic carbocycles. The van der Waals surface area contributed by atoms with Gasteiger partial charge in [0.2, 0.25) is 11.8 Å². The number of hydrogen-bond donors (Lipinski definition) is 6. The fraction of sp³-hybridized carbons (Fsp3) is 0.900. The monoisotopic (exact) mass is 400 g/mol. The van der Waals surface area contributed by atoms with Gasteiger partial charge in [0, 0.05) is 13.1 Å². The average Bonchev–Trinajstić information content (AvgIpc) is 2.70. The first-order valence-electron chi connectivity index (χ1n) is 11.0. The fourth-order valence-electron chi connectivity index (χ4n) is 2.93. The van der Waals surface area contributed by atoms with Crippen LogP contribution in [0.15, 0.2) is 0 Å². The molecule has 0 radical (unpaired) electrons. The van der Waals surface area contributed by atoms with E-state index in [0.29, 0.717) is 39.0 Å². The zero-order valence-corrected chi connectivity index (χ0v) is 17.6. The van der Waals surface area contributed by atoms with E-state index in [4.69, 9.17) is 22.9 Å². The second kappa shape index (κ2) is 19.1. The molecule has 2 atom stereocenters. The minimum atomic E-state index is -0.435.